The Kier molecular flexibility index (Phi) is 5.01. The van der Waals surface area contributed by atoms with Gasteiger partial charge in [0.05, 0.1) is 6.33 Å². The fourth-order valence-electron chi connectivity index (χ4n) is 2.59. The molecule has 0 saturated carbocycles. The van der Waals surface area contributed by atoms with Crippen molar-refractivity contribution in [1.29, 1.82) is 0 Å². The molecule has 1 aliphatic heterocycles. The van der Waals surface area contributed by atoms with Crippen LogP contribution in [0.25, 0.3) is 11.2 Å². The molecule has 0 aliphatic carbocycles. The Bertz CT molecular complexity index is 1060. The molecule has 0 bridgehead atoms. The van der Waals surface area contributed by atoms with Crippen molar-refractivity contribution in [3.63, 3.8) is 0 Å². The van der Waals surface area contributed by atoms with E-state index in [9.17, 15) is 29.0 Å². The Morgan fingerprint density at radius 1 is 1.39 bits per heavy atom. The monoisotopic (exact) mass is 443 g/mol. The summed E-state index contributed by atoms with van der Waals surface area (Å²) < 4.78 is 36.7. The highest BCUT2D eigenvalue weighted by molar-refractivity contribution is 7.60. The fourth-order valence-corrected chi connectivity index (χ4v) is 4.25. The van der Waals surface area contributed by atoms with Crippen LogP contribution in [-0.4, -0.2) is 62.4 Å². The molecule has 1 saturated heterocycles. The van der Waals surface area contributed by atoms with Crippen molar-refractivity contribution in [2.75, 3.05) is 5.73 Å². The van der Waals surface area contributed by atoms with E-state index in [1.807, 2.05) is 0 Å². The van der Waals surface area contributed by atoms with Crippen LogP contribution in [-0.2, 0) is 22.7 Å². The van der Waals surface area contributed by atoms with E-state index in [1.165, 1.54) is 0 Å². The lowest BCUT2D eigenvalue weighted by Gasteiger charge is -2.26. The molecule has 0 radical (unpaired) electrons. The number of phosphoric acid groups is 2. The number of ether oxygens (including phenoxy) is 1. The minimum absolute atomic E-state index is 0.141. The van der Waals surface area contributed by atoms with Crippen LogP contribution in [0.4, 0.5) is 5.95 Å². The van der Waals surface area contributed by atoms with Gasteiger partial charge in [0.2, 0.25) is 12.2 Å². The van der Waals surface area contributed by atoms with Gasteiger partial charge in [-0.25, -0.2) is 14.1 Å². The number of aromatic nitrogens is 4. The highest BCUT2D eigenvalue weighted by atomic mass is 31.3. The summed E-state index contributed by atoms with van der Waals surface area (Å²) in [5, 5.41) is 20.8. The third-order valence-electron chi connectivity index (χ3n) is 3.77. The largest absolute Gasteiger partial charge is 0.483 e. The molecule has 16 nitrogen and oxygen atoms in total. The number of nitrogens with one attached hydrogen (secondary N) is 1. The molecule has 156 valence electrons. The zero-order valence-corrected chi connectivity index (χ0v) is 15.6. The summed E-state index contributed by atoms with van der Waals surface area (Å²) in [6, 6.07) is 0. The SMILES string of the molecule is C[C@]1(O)C(n2cnc3c(=O)[nH]c(N)nc32)O[C@H](OP(=O)(O)OP(=O)(O)O)[C@H]1O. The first-order valence-electron chi connectivity index (χ1n) is 7.27. The molecule has 3 rings (SSSR count). The van der Waals surface area contributed by atoms with Gasteiger partial charge in [0, 0.05) is 0 Å². The number of imidazole rings is 1. The maximum Gasteiger partial charge on any atom is 0.483 e. The smallest absolute Gasteiger partial charge is 0.385 e. The summed E-state index contributed by atoms with van der Waals surface area (Å²) in [6.45, 7) is 1.07. The predicted octanol–water partition coefficient (Wildman–Crippen LogP) is -2.11. The summed E-state index contributed by atoms with van der Waals surface area (Å²) in [4.78, 5) is 48.4. The van der Waals surface area contributed by atoms with Gasteiger partial charge in [-0.3, -0.25) is 18.9 Å². The summed E-state index contributed by atoms with van der Waals surface area (Å²) in [7, 11) is -10.8. The first-order valence-corrected chi connectivity index (χ1v) is 10.3. The average molecular weight is 443 g/mol. The van der Waals surface area contributed by atoms with Crippen molar-refractivity contribution in [3.05, 3.63) is 16.7 Å². The van der Waals surface area contributed by atoms with Gasteiger partial charge >= 0.3 is 15.6 Å². The molecular weight excluding hydrogens is 428 g/mol. The van der Waals surface area contributed by atoms with Crippen LogP contribution in [0.5, 0.6) is 0 Å². The van der Waals surface area contributed by atoms with Crippen molar-refractivity contribution in [2.24, 2.45) is 0 Å². The standard InChI is InChI=1S/C10H15N5O11P2/c1-10(18)4(16)7(25-28(22,23)26-27(19,20)21)24-8(10)15-2-12-3-5(15)13-9(11)14-6(3)17/h2,4,7-8,16,18H,1H3,(H,22,23)(H2,19,20,21)(H3,11,13,14,17)/t4-,7-,8?,10-/m1/s1. The van der Waals surface area contributed by atoms with Crippen molar-refractivity contribution in [1.82, 2.24) is 19.5 Å². The second-order valence-electron chi connectivity index (χ2n) is 5.95. The van der Waals surface area contributed by atoms with Crippen LogP contribution in [0.15, 0.2) is 11.1 Å². The number of aliphatic hydroxyl groups is 2. The first-order chi connectivity index (χ1) is 12.7. The molecule has 0 spiro atoms. The Balaban J connectivity index is 1.95. The second-order valence-corrected chi connectivity index (χ2v) is 8.73. The predicted molar refractivity (Wildman–Crippen MR) is 87.1 cm³/mol. The van der Waals surface area contributed by atoms with E-state index < -0.39 is 45.4 Å². The number of nitrogen functional groups attached to an aromatic ring is 1. The van der Waals surface area contributed by atoms with Gasteiger partial charge in [0.15, 0.2) is 17.4 Å². The molecule has 3 heterocycles. The number of hydrogen-bond acceptors (Lipinski definition) is 11. The van der Waals surface area contributed by atoms with Crippen molar-refractivity contribution in [3.8, 4) is 0 Å². The number of H-pyrrole nitrogens is 1. The minimum atomic E-state index is -5.42. The van der Waals surface area contributed by atoms with Gasteiger partial charge in [-0.1, -0.05) is 0 Å². The molecular formula is C10H15N5O11P2. The number of phosphoric ester groups is 1. The number of rotatable bonds is 5. The van der Waals surface area contributed by atoms with Gasteiger partial charge < -0.3 is 35.4 Å². The number of fused-ring (bicyclic) bond motifs is 1. The van der Waals surface area contributed by atoms with E-state index in [0.717, 1.165) is 17.8 Å². The molecule has 18 heteroatoms. The molecule has 5 atom stereocenters. The van der Waals surface area contributed by atoms with E-state index in [4.69, 9.17) is 20.3 Å². The van der Waals surface area contributed by atoms with E-state index in [-0.39, 0.29) is 17.1 Å². The molecule has 0 amide bonds. The average Bonchev–Trinajstić information content (AvgIpc) is 2.99. The van der Waals surface area contributed by atoms with Gasteiger partial charge in [-0.2, -0.15) is 9.29 Å². The fraction of sp³-hybridized carbons (Fsp3) is 0.500. The molecule has 1 fully saturated rings. The number of nitrogens with zero attached hydrogens (tertiary/aromatic N) is 3. The number of aliphatic hydroxyl groups excluding tert-OH is 1. The van der Waals surface area contributed by atoms with E-state index in [1.54, 1.807) is 0 Å². The van der Waals surface area contributed by atoms with Crippen molar-refractivity contribution < 1.29 is 47.6 Å². The lowest BCUT2D eigenvalue weighted by molar-refractivity contribution is -0.134. The first kappa shape index (κ1) is 21.0. The summed E-state index contributed by atoms with van der Waals surface area (Å²) in [5.74, 6) is -0.278. The zero-order valence-electron chi connectivity index (χ0n) is 13.8. The van der Waals surface area contributed by atoms with Crippen LogP contribution >= 0.6 is 15.6 Å². The zero-order chi connectivity index (χ0) is 21.1. The quantitative estimate of drug-likeness (QED) is 0.244. The number of aromatic amines is 1. The third-order valence-corrected chi connectivity index (χ3v) is 5.92. The molecule has 2 aromatic heterocycles. The Labute approximate surface area is 154 Å². The van der Waals surface area contributed by atoms with Crippen LogP contribution in [0.2, 0.25) is 0 Å². The molecule has 8 N–H and O–H groups in total. The lowest BCUT2D eigenvalue weighted by atomic mass is 9.99. The topological polar surface area (TPSA) is 253 Å². The van der Waals surface area contributed by atoms with Crippen molar-refractivity contribution in [2.45, 2.75) is 31.1 Å². The van der Waals surface area contributed by atoms with Gasteiger partial charge in [-0.05, 0) is 6.92 Å². The molecule has 28 heavy (non-hydrogen) atoms. The molecule has 0 aromatic carbocycles. The third kappa shape index (κ3) is 3.88. The highest BCUT2D eigenvalue weighted by Crippen LogP contribution is 2.59. The maximum absolute atomic E-state index is 11.8. The van der Waals surface area contributed by atoms with Crippen LogP contribution in [0.1, 0.15) is 13.2 Å². The highest BCUT2D eigenvalue weighted by Gasteiger charge is 2.56. The van der Waals surface area contributed by atoms with Crippen molar-refractivity contribution >= 4 is 32.8 Å². The van der Waals surface area contributed by atoms with Crippen LogP contribution in [0, 0.1) is 0 Å². The Hall–Kier alpha value is -1.71. The summed E-state index contributed by atoms with van der Waals surface area (Å²) in [6.07, 6.45) is -4.57. The number of hydrogen-bond donors (Lipinski definition) is 7. The lowest BCUT2D eigenvalue weighted by Crippen LogP contribution is -2.43. The molecule has 2 aromatic rings. The van der Waals surface area contributed by atoms with Crippen LogP contribution < -0.4 is 11.3 Å². The van der Waals surface area contributed by atoms with Gasteiger partial charge in [0.25, 0.3) is 5.56 Å². The van der Waals surface area contributed by atoms with Gasteiger partial charge in [0.1, 0.15) is 11.7 Å². The number of anilines is 1. The van der Waals surface area contributed by atoms with E-state index >= 15 is 0 Å². The summed E-state index contributed by atoms with van der Waals surface area (Å²) >= 11 is 0. The number of nitrogens with two attached hydrogens (primary N) is 1. The maximum atomic E-state index is 11.8. The molecule has 2 unspecified atom stereocenters. The Morgan fingerprint density at radius 3 is 2.64 bits per heavy atom. The summed E-state index contributed by atoms with van der Waals surface area (Å²) in [5.41, 5.74) is 2.27. The Morgan fingerprint density at radius 2 is 2.04 bits per heavy atom. The minimum Gasteiger partial charge on any atom is -0.385 e. The molecule has 1 aliphatic rings. The van der Waals surface area contributed by atoms with Gasteiger partial charge in [-0.15, -0.1) is 0 Å². The van der Waals surface area contributed by atoms with E-state index in [0.29, 0.717) is 0 Å². The normalized spacial score (nSPS) is 30.6. The van der Waals surface area contributed by atoms with E-state index in [2.05, 4.69) is 23.8 Å². The van der Waals surface area contributed by atoms with Crippen LogP contribution in [0.3, 0.4) is 0 Å². The second kappa shape index (κ2) is 6.67.